The number of rotatable bonds is 5. The molecule has 6 nitrogen and oxygen atoms in total. The molecule has 132 valence electrons. The molecule has 2 aromatic carbocycles. The molecule has 2 atom stereocenters. The minimum absolute atomic E-state index is 0.301. The summed E-state index contributed by atoms with van der Waals surface area (Å²) in [5, 5.41) is 9.85. The number of ether oxygens (including phenoxy) is 4. The third-order valence-electron chi connectivity index (χ3n) is 3.74. The highest BCUT2D eigenvalue weighted by atomic mass is 35.5. The summed E-state index contributed by atoms with van der Waals surface area (Å²) in [6, 6.07) is 10.2. The van der Waals surface area contributed by atoms with E-state index in [1.165, 1.54) is 7.11 Å². The lowest BCUT2D eigenvalue weighted by Gasteiger charge is -2.32. The highest BCUT2D eigenvalue weighted by Gasteiger charge is 2.39. The number of hydrogen-bond acceptors (Lipinski definition) is 5. The number of carboxylic acids is 1. The zero-order valence-corrected chi connectivity index (χ0v) is 14.4. The number of fused-ring (bicyclic) bond motifs is 1. The number of para-hydroxylation sites is 2. The molecule has 0 amide bonds. The number of hydrogen-bond donors (Lipinski definition) is 1. The molecule has 1 N–H and O–H groups in total. The maximum atomic E-state index is 11.7. The molecule has 7 heteroatoms. The van der Waals surface area contributed by atoms with Gasteiger partial charge in [-0.3, -0.25) is 0 Å². The lowest BCUT2D eigenvalue weighted by molar-refractivity contribution is -0.151. The normalized spacial score (nSPS) is 18.5. The van der Waals surface area contributed by atoms with Crippen LogP contribution in [0.3, 0.4) is 0 Å². The molecule has 2 aromatic rings. The smallest absolute Gasteiger partial charge is 0.349 e. The van der Waals surface area contributed by atoms with Crippen molar-refractivity contribution in [1.29, 1.82) is 0 Å². The standard InChI is InChI=1S/C18H17ClO6/c1-3-23-14-9-10(8-11(19)16(14)22-2)15-17(18(20)21)25-13-7-5-4-6-12(13)24-15/h4-9,15,17H,3H2,1-2H3,(H,20,21). The molecule has 0 aliphatic carbocycles. The average molecular weight is 365 g/mol. The maximum absolute atomic E-state index is 11.7. The van der Waals surface area contributed by atoms with Crippen LogP contribution in [0.5, 0.6) is 23.0 Å². The topological polar surface area (TPSA) is 74.2 Å². The Bertz CT molecular complexity index is 791. The van der Waals surface area contributed by atoms with Gasteiger partial charge in [0.15, 0.2) is 29.1 Å². The minimum Gasteiger partial charge on any atom is -0.491 e. The van der Waals surface area contributed by atoms with Crippen molar-refractivity contribution in [3.8, 4) is 23.0 Å². The zero-order chi connectivity index (χ0) is 18.0. The quantitative estimate of drug-likeness (QED) is 0.871. The molecule has 3 rings (SSSR count). The van der Waals surface area contributed by atoms with Crippen LogP contribution in [-0.2, 0) is 4.79 Å². The van der Waals surface area contributed by atoms with Gasteiger partial charge in [0.2, 0.25) is 6.10 Å². The van der Waals surface area contributed by atoms with Crippen LogP contribution in [0, 0.1) is 0 Å². The molecule has 0 bridgehead atoms. The predicted octanol–water partition coefficient (Wildman–Crippen LogP) is 3.71. The van der Waals surface area contributed by atoms with Gasteiger partial charge in [-0.1, -0.05) is 23.7 Å². The fourth-order valence-corrected chi connectivity index (χ4v) is 2.97. The number of aliphatic carboxylic acids is 1. The van der Waals surface area contributed by atoms with E-state index < -0.39 is 18.2 Å². The van der Waals surface area contributed by atoms with Crippen molar-refractivity contribution in [1.82, 2.24) is 0 Å². The van der Waals surface area contributed by atoms with E-state index in [9.17, 15) is 9.90 Å². The largest absolute Gasteiger partial charge is 0.491 e. The monoisotopic (exact) mass is 364 g/mol. The van der Waals surface area contributed by atoms with Gasteiger partial charge in [-0.15, -0.1) is 0 Å². The van der Waals surface area contributed by atoms with Crippen molar-refractivity contribution >= 4 is 17.6 Å². The first-order valence-electron chi connectivity index (χ1n) is 7.70. The number of carboxylic acid groups (broad SMARTS) is 1. The second kappa shape index (κ2) is 7.11. The minimum atomic E-state index is -1.21. The van der Waals surface area contributed by atoms with Crippen molar-refractivity contribution < 1.29 is 28.8 Å². The van der Waals surface area contributed by atoms with Crippen molar-refractivity contribution in [2.45, 2.75) is 19.1 Å². The van der Waals surface area contributed by atoms with Gasteiger partial charge in [0.25, 0.3) is 0 Å². The van der Waals surface area contributed by atoms with Crippen molar-refractivity contribution in [3.63, 3.8) is 0 Å². The van der Waals surface area contributed by atoms with Crippen LogP contribution in [0.2, 0.25) is 5.02 Å². The number of methoxy groups -OCH3 is 1. The summed E-state index contributed by atoms with van der Waals surface area (Å²) in [4.78, 5) is 11.7. The Balaban J connectivity index is 2.05. The lowest BCUT2D eigenvalue weighted by Crippen LogP contribution is -2.39. The maximum Gasteiger partial charge on any atom is 0.349 e. The van der Waals surface area contributed by atoms with Crippen LogP contribution >= 0.6 is 11.6 Å². The Morgan fingerprint density at radius 3 is 2.52 bits per heavy atom. The predicted molar refractivity (Wildman–Crippen MR) is 91.0 cm³/mol. The lowest BCUT2D eigenvalue weighted by atomic mass is 10.0. The second-order valence-corrected chi connectivity index (χ2v) is 5.74. The first-order chi connectivity index (χ1) is 12.0. The molecule has 0 radical (unpaired) electrons. The van der Waals surface area contributed by atoms with Gasteiger partial charge in [0.05, 0.1) is 18.7 Å². The van der Waals surface area contributed by atoms with E-state index >= 15 is 0 Å². The summed E-state index contributed by atoms with van der Waals surface area (Å²) >= 11 is 6.27. The van der Waals surface area contributed by atoms with E-state index in [0.717, 1.165) is 0 Å². The molecule has 0 saturated heterocycles. The van der Waals surface area contributed by atoms with Crippen LogP contribution in [0.1, 0.15) is 18.6 Å². The molecular formula is C18H17ClO6. The van der Waals surface area contributed by atoms with Crippen LogP contribution in [-0.4, -0.2) is 30.9 Å². The molecule has 1 heterocycles. The molecule has 0 spiro atoms. The van der Waals surface area contributed by atoms with Gasteiger partial charge in [0.1, 0.15) is 0 Å². The van der Waals surface area contributed by atoms with Crippen molar-refractivity contribution in [3.05, 3.63) is 47.0 Å². The molecule has 0 saturated carbocycles. The molecule has 1 aliphatic rings. The van der Waals surface area contributed by atoms with Gasteiger partial charge in [-0.05, 0) is 31.2 Å². The molecule has 0 fully saturated rings. The average Bonchev–Trinajstić information content (AvgIpc) is 2.60. The first-order valence-corrected chi connectivity index (χ1v) is 8.08. The highest BCUT2D eigenvalue weighted by molar-refractivity contribution is 6.32. The summed E-state index contributed by atoms with van der Waals surface area (Å²) in [6.07, 6.45) is -2.09. The Labute approximate surface area is 149 Å². The summed E-state index contributed by atoms with van der Waals surface area (Å²) in [7, 11) is 1.49. The van der Waals surface area contributed by atoms with E-state index in [1.54, 1.807) is 36.4 Å². The van der Waals surface area contributed by atoms with E-state index in [2.05, 4.69) is 0 Å². The number of benzene rings is 2. The Morgan fingerprint density at radius 1 is 1.24 bits per heavy atom. The summed E-state index contributed by atoms with van der Waals surface area (Å²) in [5.41, 5.74) is 0.524. The van der Waals surface area contributed by atoms with Crippen LogP contribution in [0.15, 0.2) is 36.4 Å². The summed E-state index contributed by atoms with van der Waals surface area (Å²) < 4.78 is 22.3. The molecule has 0 aromatic heterocycles. The van der Waals surface area contributed by atoms with Gasteiger partial charge < -0.3 is 24.1 Å². The Morgan fingerprint density at radius 2 is 1.92 bits per heavy atom. The summed E-state index contributed by atoms with van der Waals surface area (Å²) in [6.45, 7) is 2.24. The van der Waals surface area contributed by atoms with E-state index in [4.69, 9.17) is 30.5 Å². The summed E-state index contributed by atoms with van der Waals surface area (Å²) in [5.74, 6) is 0.519. The van der Waals surface area contributed by atoms with Crippen LogP contribution < -0.4 is 18.9 Å². The number of halogens is 1. The molecule has 2 unspecified atom stereocenters. The van der Waals surface area contributed by atoms with E-state index in [0.29, 0.717) is 40.2 Å². The van der Waals surface area contributed by atoms with Crippen LogP contribution in [0.4, 0.5) is 0 Å². The fraction of sp³-hybridized carbons (Fsp3) is 0.278. The molecule has 1 aliphatic heterocycles. The van der Waals surface area contributed by atoms with E-state index in [-0.39, 0.29) is 0 Å². The SMILES string of the molecule is CCOc1cc(C2Oc3ccccc3OC2C(=O)O)cc(Cl)c1OC. The third kappa shape index (κ3) is 3.30. The first kappa shape index (κ1) is 17.2. The third-order valence-corrected chi connectivity index (χ3v) is 4.02. The van der Waals surface area contributed by atoms with Gasteiger partial charge in [-0.2, -0.15) is 0 Å². The van der Waals surface area contributed by atoms with Gasteiger partial charge >= 0.3 is 5.97 Å². The fourth-order valence-electron chi connectivity index (χ4n) is 2.68. The molecular weight excluding hydrogens is 348 g/mol. The highest BCUT2D eigenvalue weighted by Crippen LogP contribution is 2.43. The van der Waals surface area contributed by atoms with E-state index in [1.807, 2.05) is 6.92 Å². The Kier molecular flexibility index (Phi) is 4.90. The van der Waals surface area contributed by atoms with Crippen LogP contribution in [0.25, 0.3) is 0 Å². The second-order valence-electron chi connectivity index (χ2n) is 5.33. The van der Waals surface area contributed by atoms with Gasteiger partial charge in [0, 0.05) is 5.56 Å². The number of carbonyl (C=O) groups is 1. The zero-order valence-electron chi connectivity index (χ0n) is 13.7. The molecule has 25 heavy (non-hydrogen) atoms. The van der Waals surface area contributed by atoms with Crippen molar-refractivity contribution in [2.75, 3.05) is 13.7 Å². The Hall–Kier alpha value is -2.60. The van der Waals surface area contributed by atoms with Gasteiger partial charge in [-0.25, -0.2) is 4.79 Å². The van der Waals surface area contributed by atoms with Crippen molar-refractivity contribution in [2.24, 2.45) is 0 Å².